The zero-order valence-corrected chi connectivity index (χ0v) is 35.1. The predicted molar refractivity (Wildman–Crippen MR) is 228 cm³/mol. The van der Waals surface area contributed by atoms with Gasteiger partial charge in [0.1, 0.15) is 6.10 Å². The molecule has 0 aromatic rings. The number of phosphoric ester groups is 1. The van der Waals surface area contributed by atoms with E-state index in [2.05, 4.69) is 98.9 Å². The number of hydrogen-bond acceptors (Lipinski definition) is 7. The summed E-state index contributed by atoms with van der Waals surface area (Å²) >= 11 is 0. The van der Waals surface area contributed by atoms with Crippen molar-refractivity contribution in [2.45, 2.75) is 161 Å². The van der Waals surface area contributed by atoms with Crippen LogP contribution in [0.1, 0.15) is 155 Å². The summed E-state index contributed by atoms with van der Waals surface area (Å²) in [5.74, 6) is -0.355. The monoisotopic (exact) mass is 776 g/mol. The van der Waals surface area contributed by atoms with Gasteiger partial charge in [0.25, 0.3) is 0 Å². The van der Waals surface area contributed by atoms with E-state index in [-0.39, 0.29) is 32.3 Å². The van der Waals surface area contributed by atoms with Crippen LogP contribution < -0.4 is 5.73 Å². The molecular formula is C45H78NO7P. The molecule has 9 heteroatoms. The van der Waals surface area contributed by atoms with Crippen LogP contribution >= 0.6 is 7.82 Å². The van der Waals surface area contributed by atoms with E-state index in [0.717, 1.165) is 109 Å². The summed E-state index contributed by atoms with van der Waals surface area (Å²) in [6.45, 7) is 4.66. The first-order valence-corrected chi connectivity index (χ1v) is 22.6. The highest BCUT2D eigenvalue weighted by atomic mass is 31.2. The number of carbonyl (C=O) groups is 1. The highest BCUT2D eigenvalue weighted by molar-refractivity contribution is 7.47. The maximum Gasteiger partial charge on any atom is 0.472 e. The Hall–Kier alpha value is -2.32. The van der Waals surface area contributed by atoms with Gasteiger partial charge in [-0.2, -0.15) is 0 Å². The molecule has 0 aromatic heterocycles. The molecule has 3 N–H and O–H groups in total. The van der Waals surface area contributed by atoms with E-state index in [4.69, 9.17) is 24.3 Å². The molecule has 0 aliphatic carbocycles. The lowest BCUT2D eigenvalue weighted by Crippen LogP contribution is -2.28. The molecule has 2 atom stereocenters. The van der Waals surface area contributed by atoms with Crippen LogP contribution in [0.15, 0.2) is 85.1 Å². The maximum atomic E-state index is 12.5. The molecule has 0 fully saturated rings. The van der Waals surface area contributed by atoms with Gasteiger partial charge in [-0.3, -0.25) is 13.8 Å². The zero-order valence-electron chi connectivity index (χ0n) is 34.2. The Morgan fingerprint density at radius 1 is 0.574 bits per heavy atom. The lowest BCUT2D eigenvalue weighted by molar-refractivity contribution is -0.154. The minimum Gasteiger partial charge on any atom is -0.457 e. The Bertz CT molecular complexity index is 1100. The lowest BCUT2D eigenvalue weighted by Gasteiger charge is -2.20. The number of unbranched alkanes of at least 4 members (excludes halogenated alkanes) is 12. The third-order valence-corrected chi connectivity index (χ3v) is 9.26. The average Bonchev–Trinajstić information content (AvgIpc) is 3.16. The van der Waals surface area contributed by atoms with E-state index in [0.29, 0.717) is 13.0 Å². The van der Waals surface area contributed by atoms with Gasteiger partial charge in [0.05, 0.1) is 19.8 Å². The molecule has 0 saturated carbocycles. The van der Waals surface area contributed by atoms with Gasteiger partial charge in [0, 0.05) is 19.6 Å². The number of phosphoric acid groups is 1. The zero-order chi connectivity index (χ0) is 39.5. The van der Waals surface area contributed by atoms with Crippen molar-refractivity contribution < 1.29 is 32.8 Å². The SMILES string of the molecule is CC/C=C\C/C=C\C/C=C\C/C=C\C/C=C\CCCCCCCCOCC(COP(=O)(O)OCCN)OC(=O)CCCCCCC/C=C\C/C=C\CCC. The molecule has 310 valence electrons. The molecule has 0 radical (unpaired) electrons. The number of ether oxygens (including phenoxy) is 2. The Labute approximate surface area is 330 Å². The molecule has 0 heterocycles. The van der Waals surface area contributed by atoms with Crippen LogP contribution in [-0.2, 0) is 27.9 Å². The van der Waals surface area contributed by atoms with Crippen molar-refractivity contribution in [3.05, 3.63) is 85.1 Å². The largest absolute Gasteiger partial charge is 0.472 e. The van der Waals surface area contributed by atoms with Gasteiger partial charge in [-0.1, -0.05) is 150 Å². The quantitative estimate of drug-likeness (QED) is 0.0274. The van der Waals surface area contributed by atoms with E-state index in [9.17, 15) is 14.3 Å². The second-order valence-electron chi connectivity index (χ2n) is 13.5. The number of nitrogens with two attached hydrogens (primary N) is 1. The van der Waals surface area contributed by atoms with E-state index >= 15 is 0 Å². The first-order valence-electron chi connectivity index (χ1n) is 21.1. The van der Waals surface area contributed by atoms with Gasteiger partial charge in [0.2, 0.25) is 0 Å². The molecule has 0 amide bonds. The van der Waals surface area contributed by atoms with Crippen LogP contribution in [0.3, 0.4) is 0 Å². The summed E-state index contributed by atoms with van der Waals surface area (Å²) in [5.41, 5.74) is 5.36. The van der Waals surface area contributed by atoms with E-state index in [1.54, 1.807) is 0 Å². The van der Waals surface area contributed by atoms with Crippen LogP contribution in [0.2, 0.25) is 0 Å². The molecular weight excluding hydrogens is 697 g/mol. The number of carbonyl (C=O) groups excluding carboxylic acids is 1. The first kappa shape index (κ1) is 51.7. The fourth-order valence-corrected chi connectivity index (χ4v) is 6.00. The molecule has 0 aliphatic rings. The molecule has 2 unspecified atom stereocenters. The van der Waals surface area contributed by atoms with E-state index in [1.807, 2.05) is 0 Å². The van der Waals surface area contributed by atoms with Crippen LogP contribution in [-0.4, -0.2) is 49.9 Å². The molecule has 0 aliphatic heterocycles. The Balaban J connectivity index is 4.09. The molecule has 0 aromatic carbocycles. The normalized spacial score (nSPS) is 14.4. The summed E-state index contributed by atoms with van der Waals surface area (Å²) in [7, 11) is -4.29. The summed E-state index contributed by atoms with van der Waals surface area (Å²) in [6.07, 6.45) is 53.1. The standard InChI is InChI=1S/C45H78NO7P/c1-3-5-7-9-11-13-15-17-18-19-20-21-22-23-24-25-27-29-31-33-35-37-40-50-42-44(43-52-54(48,49)51-41-39-46)53-45(47)38-36-34-32-30-28-26-16-14-12-10-8-6-4-2/h5,7-8,10-11,13-14,16-18,20-21,23-24,44H,3-4,6,9,12,15,19,22,25-43,46H2,1-2H3,(H,48,49)/b7-5-,10-8-,13-11-,16-14-,18-17-,21-20-,24-23-. The minimum atomic E-state index is -4.29. The van der Waals surface area contributed by atoms with Crippen LogP contribution in [0, 0.1) is 0 Å². The minimum absolute atomic E-state index is 0.0904. The molecule has 0 bridgehead atoms. The van der Waals surface area contributed by atoms with Gasteiger partial charge < -0.3 is 20.1 Å². The van der Waals surface area contributed by atoms with Gasteiger partial charge in [-0.15, -0.1) is 0 Å². The van der Waals surface area contributed by atoms with Gasteiger partial charge in [-0.25, -0.2) is 4.57 Å². The molecule has 54 heavy (non-hydrogen) atoms. The predicted octanol–water partition coefficient (Wildman–Crippen LogP) is 12.5. The second kappa shape index (κ2) is 41.8. The third kappa shape index (κ3) is 40.9. The van der Waals surface area contributed by atoms with Crippen molar-refractivity contribution in [1.82, 2.24) is 0 Å². The molecule has 8 nitrogen and oxygen atoms in total. The Morgan fingerprint density at radius 2 is 1.04 bits per heavy atom. The van der Waals surface area contributed by atoms with Gasteiger partial charge in [0.15, 0.2) is 0 Å². The average molecular weight is 776 g/mol. The topological polar surface area (TPSA) is 117 Å². The van der Waals surface area contributed by atoms with E-state index in [1.165, 1.54) is 25.7 Å². The van der Waals surface area contributed by atoms with Crippen LogP contribution in [0.4, 0.5) is 0 Å². The molecule has 0 saturated heterocycles. The fourth-order valence-electron chi connectivity index (χ4n) is 5.24. The lowest BCUT2D eigenvalue weighted by atomic mass is 10.1. The Kier molecular flexibility index (Phi) is 40.0. The first-order chi connectivity index (χ1) is 26.4. The molecule has 0 rings (SSSR count). The maximum absolute atomic E-state index is 12.5. The van der Waals surface area contributed by atoms with Crippen molar-refractivity contribution in [3.63, 3.8) is 0 Å². The fraction of sp³-hybridized carbons (Fsp3) is 0.667. The van der Waals surface area contributed by atoms with Crippen molar-refractivity contribution in [1.29, 1.82) is 0 Å². The summed E-state index contributed by atoms with van der Waals surface area (Å²) in [5, 5.41) is 0. The van der Waals surface area contributed by atoms with Crippen LogP contribution in [0.25, 0.3) is 0 Å². The summed E-state index contributed by atoms with van der Waals surface area (Å²) in [4.78, 5) is 22.4. The third-order valence-electron chi connectivity index (χ3n) is 8.28. The van der Waals surface area contributed by atoms with E-state index < -0.39 is 13.9 Å². The highest BCUT2D eigenvalue weighted by Gasteiger charge is 2.25. The number of rotatable bonds is 39. The van der Waals surface area contributed by atoms with Crippen molar-refractivity contribution in [2.24, 2.45) is 5.73 Å². The van der Waals surface area contributed by atoms with Gasteiger partial charge >= 0.3 is 13.8 Å². The number of esters is 1. The summed E-state index contributed by atoms with van der Waals surface area (Å²) < 4.78 is 33.4. The number of allylic oxidation sites excluding steroid dienone is 14. The van der Waals surface area contributed by atoms with Crippen molar-refractivity contribution >= 4 is 13.8 Å². The molecule has 0 spiro atoms. The van der Waals surface area contributed by atoms with Crippen molar-refractivity contribution in [2.75, 3.05) is 33.0 Å². The Morgan fingerprint density at radius 3 is 1.56 bits per heavy atom. The van der Waals surface area contributed by atoms with Crippen LogP contribution in [0.5, 0.6) is 0 Å². The highest BCUT2D eigenvalue weighted by Crippen LogP contribution is 2.43. The van der Waals surface area contributed by atoms with Gasteiger partial charge in [-0.05, 0) is 83.5 Å². The second-order valence-corrected chi connectivity index (χ2v) is 14.9. The summed E-state index contributed by atoms with van der Waals surface area (Å²) in [6, 6.07) is 0. The smallest absolute Gasteiger partial charge is 0.457 e. The number of hydrogen-bond donors (Lipinski definition) is 2. The van der Waals surface area contributed by atoms with Crippen molar-refractivity contribution in [3.8, 4) is 0 Å².